The minimum Gasteiger partial charge on any atom is -0.507 e. The number of ketones is 1. The molecule has 0 aliphatic carbocycles. The molecule has 0 saturated carbocycles. The van der Waals surface area contributed by atoms with E-state index >= 15 is 0 Å². The molecule has 0 bridgehead atoms. The van der Waals surface area contributed by atoms with Crippen LogP contribution in [0.25, 0.3) is 6.08 Å². The van der Waals surface area contributed by atoms with E-state index in [9.17, 15) is 14.7 Å². The van der Waals surface area contributed by atoms with Gasteiger partial charge in [-0.3, -0.25) is 4.79 Å². The number of aromatic hydroxyl groups is 1. The Hall–Kier alpha value is -3.08. The number of aryl methyl sites for hydroxylation is 2. The molecule has 0 aliphatic rings. The fourth-order valence-corrected chi connectivity index (χ4v) is 2.21. The number of hydrogen-bond acceptors (Lipinski definition) is 4. The molecule has 0 unspecified atom stereocenters. The van der Waals surface area contributed by atoms with Crippen LogP contribution in [-0.2, 0) is 4.79 Å². The van der Waals surface area contributed by atoms with Gasteiger partial charge in [0.25, 0.3) is 0 Å². The Bertz CT molecular complexity index is 765. The van der Waals surface area contributed by atoms with Crippen molar-refractivity contribution in [2.75, 3.05) is 6.61 Å². The molecule has 0 fully saturated rings. The third-order valence-electron chi connectivity index (χ3n) is 3.44. The highest BCUT2D eigenvalue weighted by Gasteiger charge is 2.05. The van der Waals surface area contributed by atoms with Crippen molar-refractivity contribution in [3.63, 3.8) is 0 Å². The summed E-state index contributed by atoms with van der Waals surface area (Å²) in [6.45, 7) is 3.18. The topological polar surface area (TPSA) is 83.8 Å². The predicted octanol–water partition coefficient (Wildman–Crippen LogP) is 3.37. The van der Waals surface area contributed by atoms with Gasteiger partial charge in [0.05, 0.1) is 0 Å². The molecule has 2 N–H and O–H groups in total. The zero-order valence-corrected chi connectivity index (χ0v) is 13.4. The number of carboxylic acids is 1. The van der Waals surface area contributed by atoms with E-state index in [0.29, 0.717) is 11.3 Å². The van der Waals surface area contributed by atoms with Crippen molar-refractivity contribution >= 4 is 17.8 Å². The molecule has 0 aromatic heterocycles. The highest BCUT2D eigenvalue weighted by Crippen LogP contribution is 2.23. The molecule has 0 atom stereocenters. The van der Waals surface area contributed by atoms with E-state index in [-0.39, 0.29) is 11.5 Å². The standard InChI is InChI=1S/C19H18O5/c1-12-9-14(10-13(2)19(12)23)3-8-17(20)15-4-6-16(7-5-15)24-11-18(21)22/h3-10,23H,11H2,1-2H3,(H,21,22)/b8-3+. The molecule has 0 heterocycles. The molecule has 0 spiro atoms. The van der Waals surface area contributed by atoms with Crippen LogP contribution < -0.4 is 4.74 Å². The van der Waals surface area contributed by atoms with E-state index in [1.807, 2.05) is 0 Å². The fraction of sp³-hybridized carbons (Fsp3) is 0.158. The van der Waals surface area contributed by atoms with Crippen LogP contribution in [0.4, 0.5) is 0 Å². The van der Waals surface area contributed by atoms with Gasteiger partial charge in [-0.1, -0.05) is 6.08 Å². The first-order chi connectivity index (χ1) is 11.4. The summed E-state index contributed by atoms with van der Waals surface area (Å²) in [5.74, 6) is -0.584. The summed E-state index contributed by atoms with van der Waals surface area (Å²) in [6, 6.07) is 9.87. The largest absolute Gasteiger partial charge is 0.507 e. The summed E-state index contributed by atoms with van der Waals surface area (Å²) in [5.41, 5.74) is 2.81. The van der Waals surface area contributed by atoms with Gasteiger partial charge in [0.2, 0.25) is 0 Å². The van der Waals surface area contributed by atoms with Crippen LogP contribution in [0.1, 0.15) is 27.0 Å². The maximum atomic E-state index is 12.2. The molecule has 124 valence electrons. The number of aliphatic carboxylic acids is 1. The SMILES string of the molecule is Cc1cc(/C=C/C(=O)c2ccc(OCC(=O)O)cc2)cc(C)c1O. The number of rotatable bonds is 6. The lowest BCUT2D eigenvalue weighted by molar-refractivity contribution is -0.139. The van der Waals surface area contributed by atoms with E-state index in [1.165, 1.54) is 6.08 Å². The second-order valence-electron chi connectivity index (χ2n) is 5.41. The Labute approximate surface area is 139 Å². The molecule has 0 amide bonds. The number of benzene rings is 2. The van der Waals surface area contributed by atoms with E-state index in [4.69, 9.17) is 9.84 Å². The van der Waals surface area contributed by atoms with Gasteiger partial charge >= 0.3 is 5.97 Å². The van der Waals surface area contributed by atoms with Crippen LogP contribution in [0.15, 0.2) is 42.5 Å². The van der Waals surface area contributed by atoms with E-state index in [0.717, 1.165) is 16.7 Å². The molecule has 2 rings (SSSR count). The van der Waals surface area contributed by atoms with Crippen molar-refractivity contribution in [1.82, 2.24) is 0 Å². The molecule has 0 aliphatic heterocycles. The van der Waals surface area contributed by atoms with Crippen molar-refractivity contribution in [2.45, 2.75) is 13.8 Å². The Kier molecular flexibility index (Phi) is 5.37. The minimum absolute atomic E-state index is 0.178. The number of carbonyl (C=O) groups is 2. The second-order valence-corrected chi connectivity index (χ2v) is 5.41. The summed E-state index contributed by atoms with van der Waals surface area (Å²) in [5, 5.41) is 18.3. The van der Waals surface area contributed by atoms with Gasteiger partial charge in [-0.25, -0.2) is 4.79 Å². The first-order valence-electron chi connectivity index (χ1n) is 7.34. The van der Waals surface area contributed by atoms with Crippen LogP contribution >= 0.6 is 0 Å². The first-order valence-corrected chi connectivity index (χ1v) is 7.34. The van der Waals surface area contributed by atoms with Crippen LogP contribution in [0.5, 0.6) is 11.5 Å². The molecule has 2 aromatic carbocycles. The normalized spacial score (nSPS) is 10.8. The van der Waals surface area contributed by atoms with Crippen LogP contribution in [-0.4, -0.2) is 28.6 Å². The average Bonchev–Trinajstić information content (AvgIpc) is 2.56. The Morgan fingerprint density at radius 1 is 1.08 bits per heavy atom. The molecule has 0 radical (unpaired) electrons. The number of hydrogen-bond donors (Lipinski definition) is 2. The Balaban J connectivity index is 2.08. The lowest BCUT2D eigenvalue weighted by Crippen LogP contribution is -2.09. The van der Waals surface area contributed by atoms with Gasteiger partial charge in [-0.2, -0.15) is 0 Å². The van der Waals surface area contributed by atoms with E-state index in [1.54, 1.807) is 56.3 Å². The van der Waals surface area contributed by atoms with Gasteiger partial charge in [0.15, 0.2) is 12.4 Å². The van der Waals surface area contributed by atoms with Crippen molar-refractivity contribution in [2.24, 2.45) is 0 Å². The maximum absolute atomic E-state index is 12.2. The van der Waals surface area contributed by atoms with Crippen molar-refractivity contribution in [3.05, 3.63) is 64.7 Å². The zero-order valence-electron chi connectivity index (χ0n) is 13.4. The van der Waals surface area contributed by atoms with E-state index in [2.05, 4.69) is 0 Å². The summed E-state index contributed by atoms with van der Waals surface area (Å²) in [7, 11) is 0. The van der Waals surface area contributed by atoms with Crippen LogP contribution in [0, 0.1) is 13.8 Å². The second kappa shape index (κ2) is 7.46. The predicted molar refractivity (Wildman–Crippen MR) is 90.5 cm³/mol. The van der Waals surface area contributed by atoms with Crippen molar-refractivity contribution < 1.29 is 24.5 Å². The van der Waals surface area contributed by atoms with Gasteiger partial charge in [0, 0.05) is 5.56 Å². The number of phenols is 1. The lowest BCUT2D eigenvalue weighted by atomic mass is 10.0. The Morgan fingerprint density at radius 2 is 1.67 bits per heavy atom. The molecular weight excluding hydrogens is 308 g/mol. The highest BCUT2D eigenvalue weighted by molar-refractivity contribution is 6.06. The van der Waals surface area contributed by atoms with Gasteiger partial charge in [-0.05, 0) is 73.0 Å². The molecule has 2 aromatic rings. The summed E-state index contributed by atoms with van der Waals surface area (Å²) in [6.07, 6.45) is 3.15. The van der Waals surface area contributed by atoms with Crippen molar-refractivity contribution in [1.29, 1.82) is 0 Å². The van der Waals surface area contributed by atoms with Gasteiger partial charge in [-0.15, -0.1) is 0 Å². The lowest BCUT2D eigenvalue weighted by Gasteiger charge is -2.05. The van der Waals surface area contributed by atoms with Crippen molar-refractivity contribution in [3.8, 4) is 11.5 Å². The summed E-state index contributed by atoms with van der Waals surface area (Å²) >= 11 is 0. The highest BCUT2D eigenvalue weighted by atomic mass is 16.5. The summed E-state index contributed by atoms with van der Waals surface area (Å²) < 4.78 is 5.02. The first kappa shape index (κ1) is 17.3. The smallest absolute Gasteiger partial charge is 0.341 e. The Morgan fingerprint density at radius 3 is 2.21 bits per heavy atom. The summed E-state index contributed by atoms with van der Waals surface area (Å²) in [4.78, 5) is 22.6. The van der Waals surface area contributed by atoms with E-state index < -0.39 is 12.6 Å². The molecular formula is C19H18O5. The number of carboxylic acid groups (broad SMARTS) is 1. The molecule has 5 nitrogen and oxygen atoms in total. The number of allylic oxidation sites excluding steroid dienone is 1. The van der Waals surface area contributed by atoms with Crippen LogP contribution in [0.2, 0.25) is 0 Å². The third kappa shape index (κ3) is 4.46. The average molecular weight is 326 g/mol. The number of ether oxygens (including phenoxy) is 1. The minimum atomic E-state index is -1.06. The molecule has 24 heavy (non-hydrogen) atoms. The van der Waals surface area contributed by atoms with Gasteiger partial charge < -0.3 is 14.9 Å². The fourth-order valence-electron chi connectivity index (χ4n) is 2.21. The quantitative estimate of drug-likeness (QED) is 0.628. The van der Waals surface area contributed by atoms with Gasteiger partial charge in [0.1, 0.15) is 11.5 Å². The van der Waals surface area contributed by atoms with Crippen LogP contribution in [0.3, 0.4) is 0 Å². The number of phenolic OH excluding ortho intramolecular Hbond substituents is 1. The monoisotopic (exact) mass is 326 g/mol. The third-order valence-corrected chi connectivity index (χ3v) is 3.44. The molecule has 0 saturated heterocycles. The maximum Gasteiger partial charge on any atom is 0.341 e. The molecule has 5 heteroatoms. The number of carbonyl (C=O) groups excluding carboxylic acids is 1. The zero-order chi connectivity index (χ0) is 17.7.